The molecule has 3 nitrogen and oxygen atoms in total. The largest absolute Gasteiger partial charge is 0.264 e. The molecule has 0 aliphatic rings. The molecule has 0 bridgehead atoms. The van der Waals surface area contributed by atoms with Crippen molar-refractivity contribution in [2.45, 2.75) is 6.42 Å². The highest BCUT2D eigenvalue weighted by Gasteiger charge is 2.02. The second-order valence-electron chi connectivity index (χ2n) is 2.50. The fourth-order valence-electron chi connectivity index (χ4n) is 0.983. The fourth-order valence-corrected chi connectivity index (χ4v) is 1.82. The summed E-state index contributed by atoms with van der Waals surface area (Å²) in [5.41, 5.74) is 1.12. The second-order valence-corrected chi connectivity index (χ2v) is 3.67. The average Bonchev–Trinajstić information content (AvgIpc) is 2.53. The smallest absolute Gasteiger partial charge is 0.234 e. The predicted octanol–water partition coefficient (Wildman–Crippen LogP) is 2.18. The van der Waals surface area contributed by atoms with E-state index in [1.807, 2.05) is 18.3 Å². The minimum absolute atomic E-state index is 0.323. The van der Waals surface area contributed by atoms with E-state index >= 15 is 0 Å². The maximum atomic E-state index is 5.60. The molecule has 0 saturated carbocycles. The maximum Gasteiger partial charge on any atom is 0.234 e. The number of hydrogen-bond acceptors (Lipinski definition) is 4. The van der Waals surface area contributed by atoms with Crippen molar-refractivity contribution in [3.8, 4) is 0 Å². The first kappa shape index (κ1) is 8.59. The normalized spacial score (nSPS) is 10.2. The standard InChI is InChI=1S/C8H6ClN3S/c9-8-11-7(13-12-8)4-6-2-1-3-10-5-6/h1-3,5H,4H2. The molecule has 0 spiro atoms. The van der Waals surface area contributed by atoms with Crippen LogP contribution in [-0.2, 0) is 6.42 Å². The molecule has 0 fully saturated rings. The zero-order chi connectivity index (χ0) is 9.10. The topological polar surface area (TPSA) is 38.7 Å². The summed E-state index contributed by atoms with van der Waals surface area (Å²) < 4.78 is 3.89. The van der Waals surface area contributed by atoms with E-state index in [2.05, 4.69) is 14.3 Å². The van der Waals surface area contributed by atoms with Crippen molar-refractivity contribution in [3.63, 3.8) is 0 Å². The van der Waals surface area contributed by atoms with Crippen molar-refractivity contribution >= 4 is 23.1 Å². The third-order valence-electron chi connectivity index (χ3n) is 1.52. The SMILES string of the molecule is Clc1nsc(Cc2cccnc2)n1. The van der Waals surface area contributed by atoms with E-state index in [1.165, 1.54) is 11.5 Å². The first-order valence-corrected chi connectivity index (χ1v) is 4.87. The molecule has 0 unspecified atom stereocenters. The summed E-state index contributed by atoms with van der Waals surface area (Å²) in [7, 11) is 0. The Morgan fingerprint density at radius 1 is 1.46 bits per heavy atom. The van der Waals surface area contributed by atoms with E-state index in [1.54, 1.807) is 6.20 Å². The second kappa shape index (κ2) is 3.81. The molecule has 2 aromatic heterocycles. The van der Waals surface area contributed by atoms with Gasteiger partial charge >= 0.3 is 0 Å². The quantitative estimate of drug-likeness (QED) is 0.764. The molecule has 2 heterocycles. The monoisotopic (exact) mass is 211 g/mol. The van der Waals surface area contributed by atoms with E-state index < -0.39 is 0 Å². The molecule has 66 valence electrons. The van der Waals surface area contributed by atoms with Gasteiger partial charge in [0, 0.05) is 18.8 Å². The van der Waals surface area contributed by atoms with Gasteiger partial charge in [0.15, 0.2) is 0 Å². The highest BCUT2D eigenvalue weighted by Crippen LogP contribution is 2.12. The van der Waals surface area contributed by atoms with E-state index in [9.17, 15) is 0 Å². The molecule has 0 aliphatic heterocycles. The van der Waals surface area contributed by atoms with Gasteiger partial charge in [-0.15, -0.1) is 0 Å². The third kappa shape index (κ3) is 2.23. The molecule has 0 aromatic carbocycles. The highest BCUT2D eigenvalue weighted by molar-refractivity contribution is 7.05. The Morgan fingerprint density at radius 3 is 3.00 bits per heavy atom. The average molecular weight is 212 g/mol. The summed E-state index contributed by atoms with van der Waals surface area (Å²) in [5.74, 6) is 0. The van der Waals surface area contributed by atoms with Crippen LogP contribution < -0.4 is 0 Å². The molecule has 13 heavy (non-hydrogen) atoms. The number of aromatic nitrogens is 3. The van der Waals surface area contributed by atoms with E-state index in [4.69, 9.17) is 11.6 Å². The number of nitrogens with zero attached hydrogens (tertiary/aromatic N) is 3. The number of hydrogen-bond donors (Lipinski definition) is 0. The molecule has 5 heteroatoms. The Morgan fingerprint density at radius 2 is 2.38 bits per heavy atom. The lowest BCUT2D eigenvalue weighted by Crippen LogP contribution is -1.86. The predicted molar refractivity (Wildman–Crippen MR) is 52.0 cm³/mol. The lowest BCUT2D eigenvalue weighted by molar-refractivity contribution is 1.10. The van der Waals surface area contributed by atoms with Crippen LogP contribution in [0.3, 0.4) is 0 Å². The van der Waals surface area contributed by atoms with Crippen LogP contribution in [0.5, 0.6) is 0 Å². The Labute approximate surface area is 84.6 Å². The molecular weight excluding hydrogens is 206 g/mol. The van der Waals surface area contributed by atoms with E-state index in [0.29, 0.717) is 5.28 Å². The number of halogens is 1. The van der Waals surface area contributed by atoms with E-state index in [-0.39, 0.29) is 0 Å². The Balaban J connectivity index is 2.15. The first-order chi connectivity index (χ1) is 6.34. The van der Waals surface area contributed by atoms with Crippen molar-refractivity contribution < 1.29 is 0 Å². The van der Waals surface area contributed by atoms with Gasteiger partial charge in [-0.05, 0) is 34.8 Å². The lowest BCUT2D eigenvalue weighted by atomic mass is 10.2. The van der Waals surface area contributed by atoms with Crippen LogP contribution in [0, 0.1) is 0 Å². The Hall–Kier alpha value is -1.00. The summed E-state index contributed by atoms with van der Waals surface area (Å²) in [6.45, 7) is 0. The summed E-state index contributed by atoms with van der Waals surface area (Å²) in [5, 5.41) is 1.24. The molecule has 0 atom stereocenters. The van der Waals surface area contributed by atoms with Gasteiger partial charge in [-0.25, -0.2) is 4.98 Å². The Kier molecular flexibility index (Phi) is 2.52. The third-order valence-corrected chi connectivity index (χ3v) is 2.50. The zero-order valence-corrected chi connectivity index (χ0v) is 8.22. The minimum Gasteiger partial charge on any atom is -0.264 e. The summed E-state index contributed by atoms with van der Waals surface area (Å²) in [6, 6.07) is 3.90. The van der Waals surface area contributed by atoms with Gasteiger partial charge in [0.1, 0.15) is 5.01 Å². The fraction of sp³-hybridized carbons (Fsp3) is 0.125. The van der Waals surface area contributed by atoms with Crippen LogP contribution in [-0.4, -0.2) is 14.3 Å². The van der Waals surface area contributed by atoms with Gasteiger partial charge in [-0.3, -0.25) is 4.98 Å². The molecule has 0 amide bonds. The van der Waals surface area contributed by atoms with Crippen LogP contribution in [0.15, 0.2) is 24.5 Å². The van der Waals surface area contributed by atoms with Gasteiger partial charge in [0.05, 0.1) is 0 Å². The molecule has 2 rings (SSSR count). The summed E-state index contributed by atoms with van der Waals surface area (Å²) in [4.78, 5) is 8.06. The van der Waals surface area contributed by atoms with Crippen LogP contribution in [0.4, 0.5) is 0 Å². The van der Waals surface area contributed by atoms with Crippen molar-refractivity contribution in [1.82, 2.24) is 14.3 Å². The van der Waals surface area contributed by atoms with Crippen molar-refractivity contribution in [3.05, 3.63) is 40.4 Å². The van der Waals surface area contributed by atoms with Crippen LogP contribution in [0.25, 0.3) is 0 Å². The maximum absolute atomic E-state index is 5.60. The van der Waals surface area contributed by atoms with Gasteiger partial charge in [-0.1, -0.05) is 6.07 Å². The first-order valence-electron chi connectivity index (χ1n) is 3.71. The molecule has 0 N–H and O–H groups in total. The number of rotatable bonds is 2. The van der Waals surface area contributed by atoms with Gasteiger partial charge < -0.3 is 0 Å². The summed E-state index contributed by atoms with van der Waals surface area (Å²) >= 11 is 6.92. The lowest BCUT2D eigenvalue weighted by Gasteiger charge is -1.93. The van der Waals surface area contributed by atoms with Crippen molar-refractivity contribution in [1.29, 1.82) is 0 Å². The van der Waals surface area contributed by atoms with Crippen LogP contribution in [0.2, 0.25) is 5.28 Å². The van der Waals surface area contributed by atoms with Crippen LogP contribution in [0.1, 0.15) is 10.6 Å². The molecule has 0 radical (unpaired) electrons. The van der Waals surface area contributed by atoms with Gasteiger partial charge in [-0.2, -0.15) is 4.37 Å². The highest BCUT2D eigenvalue weighted by atomic mass is 35.5. The molecule has 0 aliphatic carbocycles. The van der Waals surface area contributed by atoms with Gasteiger partial charge in [0.2, 0.25) is 5.28 Å². The summed E-state index contributed by atoms with van der Waals surface area (Å²) in [6.07, 6.45) is 4.31. The van der Waals surface area contributed by atoms with Crippen molar-refractivity contribution in [2.75, 3.05) is 0 Å². The minimum atomic E-state index is 0.323. The van der Waals surface area contributed by atoms with Crippen LogP contribution >= 0.6 is 23.1 Å². The van der Waals surface area contributed by atoms with Gasteiger partial charge in [0.25, 0.3) is 0 Å². The molecular formula is C8H6ClN3S. The van der Waals surface area contributed by atoms with E-state index in [0.717, 1.165) is 17.0 Å². The number of pyridine rings is 1. The molecule has 0 saturated heterocycles. The zero-order valence-electron chi connectivity index (χ0n) is 6.64. The Bertz CT molecular complexity index is 387. The van der Waals surface area contributed by atoms with Crippen molar-refractivity contribution in [2.24, 2.45) is 0 Å². The molecule has 2 aromatic rings.